The maximum Gasteiger partial charge on any atom is 0.337 e. The molecule has 2 rings (SSSR count). The van der Waals surface area contributed by atoms with Gasteiger partial charge in [0.1, 0.15) is 0 Å². The van der Waals surface area contributed by atoms with E-state index in [0.717, 1.165) is 31.6 Å². The highest BCUT2D eigenvalue weighted by Gasteiger charge is 2.15. The van der Waals surface area contributed by atoms with Gasteiger partial charge in [0.25, 0.3) is 0 Å². The number of rotatable bonds is 4. The van der Waals surface area contributed by atoms with E-state index < -0.39 is 0 Å². The Morgan fingerprint density at radius 2 is 1.90 bits per heavy atom. The van der Waals surface area contributed by atoms with Gasteiger partial charge in [-0.2, -0.15) is 0 Å². The normalized spacial score (nSPS) is 15.2. The van der Waals surface area contributed by atoms with Crippen LogP contribution in [0.5, 0.6) is 0 Å². The van der Waals surface area contributed by atoms with Crippen LogP contribution in [0.4, 0.5) is 5.69 Å². The van der Waals surface area contributed by atoms with Gasteiger partial charge in [-0.05, 0) is 31.0 Å². The van der Waals surface area contributed by atoms with Crippen LogP contribution in [-0.2, 0) is 9.53 Å². The Morgan fingerprint density at radius 1 is 1.19 bits per heavy atom. The molecular formula is C16H22N2O3. The van der Waals surface area contributed by atoms with Crippen molar-refractivity contribution in [2.24, 2.45) is 0 Å². The number of nitrogens with one attached hydrogen (secondary N) is 1. The zero-order chi connectivity index (χ0) is 15.1. The first-order valence-electron chi connectivity index (χ1n) is 7.41. The van der Waals surface area contributed by atoms with Gasteiger partial charge in [0.15, 0.2) is 0 Å². The molecule has 0 saturated carbocycles. The smallest absolute Gasteiger partial charge is 0.337 e. The summed E-state index contributed by atoms with van der Waals surface area (Å²) in [7, 11) is 1.35. The Kier molecular flexibility index (Phi) is 5.60. The molecule has 114 valence electrons. The molecule has 1 aliphatic rings. The maximum atomic E-state index is 12.2. The van der Waals surface area contributed by atoms with Crippen molar-refractivity contribution in [1.82, 2.24) is 4.90 Å². The van der Waals surface area contributed by atoms with E-state index in [0.29, 0.717) is 5.56 Å². The molecule has 0 radical (unpaired) electrons. The second-order valence-corrected chi connectivity index (χ2v) is 5.22. The molecule has 1 heterocycles. The fraction of sp³-hybridized carbons (Fsp3) is 0.500. The number of likely N-dealkylation sites (tertiary alicyclic amines) is 1. The average molecular weight is 290 g/mol. The molecule has 21 heavy (non-hydrogen) atoms. The standard InChI is InChI=1S/C16H22N2O3/c1-21-16(20)13-7-6-8-14(11-13)17-12-15(19)18-9-4-2-3-5-10-18/h6-8,11,17H,2-5,9-10,12H2,1H3. The minimum absolute atomic E-state index is 0.111. The van der Waals surface area contributed by atoms with E-state index >= 15 is 0 Å². The number of anilines is 1. The van der Waals surface area contributed by atoms with Crippen molar-refractivity contribution < 1.29 is 14.3 Å². The number of esters is 1. The van der Waals surface area contributed by atoms with E-state index in [9.17, 15) is 9.59 Å². The topological polar surface area (TPSA) is 58.6 Å². The van der Waals surface area contributed by atoms with Crippen molar-refractivity contribution in [3.05, 3.63) is 29.8 Å². The maximum absolute atomic E-state index is 12.2. The molecule has 0 unspecified atom stereocenters. The van der Waals surface area contributed by atoms with Crippen LogP contribution >= 0.6 is 0 Å². The van der Waals surface area contributed by atoms with Crippen molar-refractivity contribution in [2.75, 3.05) is 32.1 Å². The molecular weight excluding hydrogens is 268 g/mol. The minimum Gasteiger partial charge on any atom is -0.465 e. The molecule has 5 heteroatoms. The molecule has 1 fully saturated rings. The van der Waals surface area contributed by atoms with Gasteiger partial charge in [-0.25, -0.2) is 4.79 Å². The highest BCUT2D eigenvalue weighted by molar-refractivity contribution is 5.90. The van der Waals surface area contributed by atoms with Crippen molar-refractivity contribution in [3.8, 4) is 0 Å². The zero-order valence-corrected chi connectivity index (χ0v) is 12.4. The van der Waals surface area contributed by atoms with Gasteiger partial charge in [0.05, 0.1) is 19.2 Å². The summed E-state index contributed by atoms with van der Waals surface area (Å²) in [6.07, 6.45) is 4.59. The van der Waals surface area contributed by atoms with Gasteiger partial charge >= 0.3 is 5.97 Å². The van der Waals surface area contributed by atoms with E-state index in [-0.39, 0.29) is 18.4 Å². The number of hydrogen-bond donors (Lipinski definition) is 1. The fourth-order valence-electron chi connectivity index (χ4n) is 2.48. The van der Waals surface area contributed by atoms with E-state index in [4.69, 9.17) is 0 Å². The van der Waals surface area contributed by atoms with Crippen LogP contribution in [0.2, 0.25) is 0 Å². The summed E-state index contributed by atoms with van der Waals surface area (Å²) in [5.74, 6) is -0.266. The lowest BCUT2D eigenvalue weighted by Gasteiger charge is -2.20. The van der Waals surface area contributed by atoms with Crippen LogP contribution in [0.15, 0.2) is 24.3 Å². The monoisotopic (exact) mass is 290 g/mol. The fourth-order valence-corrected chi connectivity index (χ4v) is 2.48. The Hall–Kier alpha value is -2.04. The summed E-state index contributed by atoms with van der Waals surface area (Å²) in [6, 6.07) is 6.99. The van der Waals surface area contributed by atoms with Crippen molar-refractivity contribution >= 4 is 17.6 Å². The molecule has 1 saturated heterocycles. The Balaban J connectivity index is 1.90. The van der Waals surface area contributed by atoms with Crippen LogP contribution in [-0.4, -0.2) is 43.5 Å². The molecule has 5 nitrogen and oxygen atoms in total. The third-order valence-corrected chi connectivity index (χ3v) is 3.69. The first-order chi connectivity index (χ1) is 10.2. The number of amides is 1. The predicted molar refractivity (Wildman–Crippen MR) is 81.3 cm³/mol. The highest BCUT2D eigenvalue weighted by atomic mass is 16.5. The zero-order valence-electron chi connectivity index (χ0n) is 12.4. The molecule has 1 aliphatic heterocycles. The molecule has 1 N–H and O–H groups in total. The van der Waals surface area contributed by atoms with E-state index in [1.54, 1.807) is 18.2 Å². The van der Waals surface area contributed by atoms with Crippen LogP contribution < -0.4 is 5.32 Å². The number of hydrogen-bond acceptors (Lipinski definition) is 4. The second kappa shape index (κ2) is 7.67. The molecule has 0 bridgehead atoms. The van der Waals surface area contributed by atoms with Gasteiger partial charge in [-0.15, -0.1) is 0 Å². The number of methoxy groups -OCH3 is 1. The van der Waals surface area contributed by atoms with Crippen LogP contribution in [0.3, 0.4) is 0 Å². The van der Waals surface area contributed by atoms with Crippen molar-refractivity contribution in [2.45, 2.75) is 25.7 Å². The van der Waals surface area contributed by atoms with E-state index in [1.165, 1.54) is 20.0 Å². The number of carbonyl (C=O) groups excluding carboxylic acids is 2. The molecule has 0 aliphatic carbocycles. The lowest BCUT2D eigenvalue weighted by Crippen LogP contribution is -2.36. The van der Waals surface area contributed by atoms with E-state index in [1.807, 2.05) is 11.0 Å². The number of nitrogens with zero attached hydrogens (tertiary/aromatic N) is 1. The average Bonchev–Trinajstić information content (AvgIpc) is 2.81. The number of carbonyl (C=O) groups is 2. The number of ether oxygens (including phenoxy) is 1. The summed E-state index contributed by atoms with van der Waals surface area (Å²) in [5, 5.41) is 3.08. The SMILES string of the molecule is COC(=O)c1cccc(NCC(=O)N2CCCCCC2)c1. The Bertz CT molecular complexity index is 494. The summed E-state index contributed by atoms with van der Waals surface area (Å²) in [6.45, 7) is 1.95. The molecule has 0 aromatic heterocycles. The summed E-state index contributed by atoms with van der Waals surface area (Å²) < 4.78 is 4.68. The minimum atomic E-state index is -0.377. The van der Waals surface area contributed by atoms with Gasteiger partial charge in [-0.1, -0.05) is 18.9 Å². The summed E-state index contributed by atoms with van der Waals surface area (Å²) in [4.78, 5) is 25.6. The summed E-state index contributed by atoms with van der Waals surface area (Å²) >= 11 is 0. The van der Waals surface area contributed by atoms with E-state index in [2.05, 4.69) is 10.1 Å². The third kappa shape index (κ3) is 4.48. The first kappa shape index (κ1) is 15.4. The van der Waals surface area contributed by atoms with Crippen LogP contribution in [0, 0.1) is 0 Å². The molecule has 0 atom stereocenters. The lowest BCUT2D eigenvalue weighted by molar-refractivity contribution is -0.129. The van der Waals surface area contributed by atoms with Gasteiger partial charge < -0.3 is 15.0 Å². The van der Waals surface area contributed by atoms with Crippen LogP contribution in [0.1, 0.15) is 36.0 Å². The summed E-state index contributed by atoms with van der Waals surface area (Å²) in [5.41, 5.74) is 1.23. The van der Waals surface area contributed by atoms with Gasteiger partial charge in [-0.3, -0.25) is 4.79 Å². The predicted octanol–water partition coefficient (Wildman–Crippen LogP) is 2.29. The lowest BCUT2D eigenvalue weighted by atomic mass is 10.2. The first-order valence-corrected chi connectivity index (χ1v) is 7.41. The third-order valence-electron chi connectivity index (χ3n) is 3.69. The van der Waals surface area contributed by atoms with Gasteiger partial charge in [0.2, 0.25) is 5.91 Å². The Labute approximate surface area is 125 Å². The number of benzene rings is 1. The molecule has 1 aromatic rings. The molecule has 1 aromatic carbocycles. The molecule has 0 spiro atoms. The Morgan fingerprint density at radius 3 is 2.57 bits per heavy atom. The van der Waals surface area contributed by atoms with Crippen molar-refractivity contribution in [3.63, 3.8) is 0 Å². The van der Waals surface area contributed by atoms with Crippen LogP contribution in [0.25, 0.3) is 0 Å². The van der Waals surface area contributed by atoms with Crippen molar-refractivity contribution in [1.29, 1.82) is 0 Å². The largest absolute Gasteiger partial charge is 0.465 e. The molecule has 1 amide bonds. The second-order valence-electron chi connectivity index (χ2n) is 5.22. The highest BCUT2D eigenvalue weighted by Crippen LogP contribution is 2.13. The quantitative estimate of drug-likeness (QED) is 0.864. The van der Waals surface area contributed by atoms with Gasteiger partial charge in [0, 0.05) is 18.8 Å².